The number of nitrogens with zero attached hydrogens (tertiary/aromatic N) is 3. The molecule has 0 saturated carbocycles. The highest BCUT2D eigenvalue weighted by Gasteiger charge is 2.22. The minimum Gasteiger partial charge on any atom is -0.339 e. The van der Waals surface area contributed by atoms with Crippen LogP contribution in [0.2, 0.25) is 0 Å². The number of nitrogens with one attached hydrogen (secondary N) is 1. The Labute approximate surface area is 123 Å². The Kier molecular flexibility index (Phi) is 5.77. The SMILES string of the molecule is CC(C)CCC(C)NC1CCCN(c2ncccn2)C1. The van der Waals surface area contributed by atoms with Gasteiger partial charge in [-0.2, -0.15) is 0 Å². The van der Waals surface area contributed by atoms with Gasteiger partial charge >= 0.3 is 0 Å². The molecule has 0 aliphatic carbocycles. The molecule has 0 aromatic carbocycles. The Hall–Kier alpha value is -1.16. The first-order valence-corrected chi connectivity index (χ1v) is 7.93. The number of hydrogen-bond donors (Lipinski definition) is 1. The van der Waals surface area contributed by atoms with E-state index in [1.807, 2.05) is 18.5 Å². The van der Waals surface area contributed by atoms with E-state index in [2.05, 4.69) is 41.0 Å². The second kappa shape index (κ2) is 7.58. The van der Waals surface area contributed by atoms with Crippen molar-refractivity contribution in [2.45, 2.75) is 58.5 Å². The van der Waals surface area contributed by atoms with Crippen molar-refractivity contribution in [3.05, 3.63) is 18.5 Å². The molecule has 0 bridgehead atoms. The van der Waals surface area contributed by atoms with Gasteiger partial charge in [0.15, 0.2) is 0 Å². The molecule has 1 aliphatic heterocycles. The monoisotopic (exact) mass is 276 g/mol. The van der Waals surface area contributed by atoms with Crippen molar-refractivity contribution in [1.82, 2.24) is 15.3 Å². The van der Waals surface area contributed by atoms with Crippen LogP contribution >= 0.6 is 0 Å². The van der Waals surface area contributed by atoms with Crippen LogP contribution in [0.15, 0.2) is 18.5 Å². The Morgan fingerprint density at radius 2 is 2.00 bits per heavy atom. The molecule has 1 aromatic rings. The van der Waals surface area contributed by atoms with Gasteiger partial charge in [0.2, 0.25) is 5.95 Å². The zero-order valence-corrected chi connectivity index (χ0v) is 13.0. The molecule has 2 atom stereocenters. The molecule has 2 heterocycles. The van der Waals surface area contributed by atoms with E-state index < -0.39 is 0 Å². The van der Waals surface area contributed by atoms with Crippen molar-refractivity contribution in [2.24, 2.45) is 5.92 Å². The summed E-state index contributed by atoms with van der Waals surface area (Å²) < 4.78 is 0. The van der Waals surface area contributed by atoms with Crippen LogP contribution in [0.4, 0.5) is 5.95 Å². The van der Waals surface area contributed by atoms with Crippen LogP contribution < -0.4 is 10.2 Å². The van der Waals surface area contributed by atoms with Gasteiger partial charge in [0, 0.05) is 37.6 Å². The average Bonchev–Trinajstić information content (AvgIpc) is 2.46. The van der Waals surface area contributed by atoms with Crippen molar-refractivity contribution < 1.29 is 0 Å². The first-order valence-electron chi connectivity index (χ1n) is 7.93. The van der Waals surface area contributed by atoms with Gasteiger partial charge in [-0.15, -0.1) is 0 Å². The predicted molar refractivity (Wildman–Crippen MR) is 83.9 cm³/mol. The van der Waals surface area contributed by atoms with Gasteiger partial charge < -0.3 is 10.2 Å². The summed E-state index contributed by atoms with van der Waals surface area (Å²) in [6, 6.07) is 3.03. The van der Waals surface area contributed by atoms with Crippen LogP contribution in [-0.4, -0.2) is 35.1 Å². The van der Waals surface area contributed by atoms with E-state index in [0.29, 0.717) is 12.1 Å². The molecule has 0 amide bonds. The van der Waals surface area contributed by atoms with Gasteiger partial charge in [-0.3, -0.25) is 0 Å². The van der Waals surface area contributed by atoms with E-state index in [4.69, 9.17) is 0 Å². The summed E-state index contributed by atoms with van der Waals surface area (Å²) in [6.07, 6.45) is 8.68. The fourth-order valence-electron chi connectivity index (χ4n) is 2.82. The quantitative estimate of drug-likeness (QED) is 0.867. The number of hydrogen-bond acceptors (Lipinski definition) is 4. The number of rotatable bonds is 6. The highest BCUT2D eigenvalue weighted by atomic mass is 15.3. The second-order valence-electron chi connectivity index (χ2n) is 6.37. The largest absolute Gasteiger partial charge is 0.339 e. The summed E-state index contributed by atoms with van der Waals surface area (Å²) in [4.78, 5) is 11.0. The topological polar surface area (TPSA) is 41.0 Å². The van der Waals surface area contributed by atoms with E-state index in [9.17, 15) is 0 Å². The summed E-state index contributed by atoms with van der Waals surface area (Å²) in [7, 11) is 0. The number of piperidine rings is 1. The van der Waals surface area contributed by atoms with Crippen molar-refractivity contribution >= 4 is 5.95 Å². The summed E-state index contributed by atoms with van der Waals surface area (Å²) in [6.45, 7) is 8.99. The molecule has 4 nitrogen and oxygen atoms in total. The molecule has 1 aromatic heterocycles. The van der Waals surface area contributed by atoms with E-state index in [1.165, 1.54) is 25.7 Å². The zero-order chi connectivity index (χ0) is 14.4. The lowest BCUT2D eigenvalue weighted by Crippen LogP contribution is -2.49. The van der Waals surface area contributed by atoms with Crippen LogP contribution in [0.25, 0.3) is 0 Å². The van der Waals surface area contributed by atoms with Gasteiger partial charge in [-0.05, 0) is 44.6 Å². The summed E-state index contributed by atoms with van der Waals surface area (Å²) >= 11 is 0. The molecular weight excluding hydrogens is 248 g/mol. The minimum atomic E-state index is 0.565. The normalized spacial score (nSPS) is 21.2. The van der Waals surface area contributed by atoms with Gasteiger partial charge in [-0.1, -0.05) is 13.8 Å². The van der Waals surface area contributed by atoms with Gasteiger partial charge in [-0.25, -0.2) is 9.97 Å². The fraction of sp³-hybridized carbons (Fsp3) is 0.750. The molecule has 1 aliphatic rings. The zero-order valence-electron chi connectivity index (χ0n) is 13.0. The molecule has 20 heavy (non-hydrogen) atoms. The van der Waals surface area contributed by atoms with Crippen molar-refractivity contribution in [3.8, 4) is 0 Å². The molecule has 0 spiro atoms. The van der Waals surface area contributed by atoms with E-state index in [1.54, 1.807) is 0 Å². The van der Waals surface area contributed by atoms with Gasteiger partial charge in [0.05, 0.1) is 0 Å². The highest BCUT2D eigenvalue weighted by molar-refractivity contribution is 5.29. The van der Waals surface area contributed by atoms with Crippen molar-refractivity contribution in [3.63, 3.8) is 0 Å². The van der Waals surface area contributed by atoms with E-state index in [-0.39, 0.29) is 0 Å². The van der Waals surface area contributed by atoms with E-state index in [0.717, 1.165) is 25.0 Å². The van der Waals surface area contributed by atoms with Gasteiger partial charge in [0.25, 0.3) is 0 Å². The first kappa shape index (κ1) is 15.2. The van der Waals surface area contributed by atoms with Crippen LogP contribution in [-0.2, 0) is 0 Å². The summed E-state index contributed by atoms with van der Waals surface area (Å²) in [5.41, 5.74) is 0. The molecule has 4 heteroatoms. The van der Waals surface area contributed by atoms with Crippen molar-refractivity contribution in [2.75, 3.05) is 18.0 Å². The van der Waals surface area contributed by atoms with Crippen molar-refractivity contribution in [1.29, 1.82) is 0 Å². The first-order chi connectivity index (χ1) is 9.65. The fourth-order valence-corrected chi connectivity index (χ4v) is 2.82. The lowest BCUT2D eigenvalue weighted by molar-refractivity contribution is 0.357. The van der Waals surface area contributed by atoms with E-state index >= 15 is 0 Å². The predicted octanol–water partition coefficient (Wildman–Crippen LogP) is 2.86. The Balaban J connectivity index is 1.81. The molecule has 1 fully saturated rings. The third-order valence-electron chi connectivity index (χ3n) is 3.95. The molecule has 1 saturated heterocycles. The molecule has 0 radical (unpaired) electrons. The lowest BCUT2D eigenvalue weighted by atomic mass is 10.0. The summed E-state index contributed by atoms with van der Waals surface area (Å²) in [5, 5.41) is 3.78. The number of aromatic nitrogens is 2. The molecule has 112 valence electrons. The third kappa shape index (κ3) is 4.75. The Bertz CT molecular complexity index is 379. The standard InChI is InChI=1S/C16H28N4/c1-13(2)7-8-14(3)19-15-6-4-11-20(12-15)16-17-9-5-10-18-16/h5,9-10,13-15,19H,4,6-8,11-12H2,1-3H3. The second-order valence-corrected chi connectivity index (χ2v) is 6.37. The van der Waals surface area contributed by atoms with Crippen LogP contribution in [0.5, 0.6) is 0 Å². The smallest absolute Gasteiger partial charge is 0.225 e. The lowest BCUT2D eigenvalue weighted by Gasteiger charge is -2.34. The maximum absolute atomic E-state index is 4.36. The number of anilines is 1. The Morgan fingerprint density at radius 1 is 1.25 bits per heavy atom. The van der Waals surface area contributed by atoms with Crippen LogP contribution in [0.3, 0.4) is 0 Å². The van der Waals surface area contributed by atoms with Gasteiger partial charge in [0.1, 0.15) is 0 Å². The third-order valence-corrected chi connectivity index (χ3v) is 3.95. The highest BCUT2D eigenvalue weighted by Crippen LogP contribution is 2.16. The molecule has 2 rings (SSSR count). The molecular formula is C16H28N4. The molecule has 1 N–H and O–H groups in total. The maximum atomic E-state index is 4.36. The average molecular weight is 276 g/mol. The molecule has 2 unspecified atom stereocenters. The van der Waals surface area contributed by atoms with Crippen LogP contribution in [0, 0.1) is 5.92 Å². The maximum Gasteiger partial charge on any atom is 0.225 e. The minimum absolute atomic E-state index is 0.565. The van der Waals surface area contributed by atoms with Crippen LogP contribution in [0.1, 0.15) is 46.5 Å². The summed E-state index contributed by atoms with van der Waals surface area (Å²) in [5.74, 6) is 1.66. The Morgan fingerprint density at radius 3 is 2.70 bits per heavy atom.